The maximum atomic E-state index is 11.4. The van der Waals surface area contributed by atoms with Crippen LogP contribution in [0.4, 0.5) is 0 Å². The van der Waals surface area contributed by atoms with E-state index in [-0.39, 0.29) is 0 Å². The minimum Gasteiger partial charge on any atom is -0.481 e. The highest BCUT2D eigenvalue weighted by atomic mass is 16.4. The predicted octanol–water partition coefficient (Wildman–Crippen LogP) is 1.42. The SMILES string of the molecule is CC1(C(=O)O)CCCN(Cc2cnn3cccnc23)C1. The molecule has 106 valence electrons. The minimum atomic E-state index is -0.708. The van der Waals surface area contributed by atoms with Crippen LogP contribution >= 0.6 is 0 Å². The Hall–Kier alpha value is -1.95. The molecule has 6 nitrogen and oxygen atoms in total. The first-order valence-corrected chi connectivity index (χ1v) is 6.81. The molecule has 1 aliphatic heterocycles. The molecule has 1 unspecified atom stereocenters. The Morgan fingerprint density at radius 1 is 1.55 bits per heavy atom. The van der Waals surface area contributed by atoms with Gasteiger partial charge in [0.15, 0.2) is 5.65 Å². The maximum absolute atomic E-state index is 11.4. The van der Waals surface area contributed by atoms with Gasteiger partial charge in [-0.3, -0.25) is 9.69 Å². The van der Waals surface area contributed by atoms with E-state index in [1.807, 2.05) is 25.4 Å². The Morgan fingerprint density at radius 3 is 3.20 bits per heavy atom. The van der Waals surface area contributed by atoms with Gasteiger partial charge in [-0.1, -0.05) is 0 Å². The van der Waals surface area contributed by atoms with Gasteiger partial charge < -0.3 is 5.11 Å². The Balaban J connectivity index is 1.79. The van der Waals surface area contributed by atoms with E-state index in [0.717, 1.165) is 30.6 Å². The number of aromatic nitrogens is 3. The second kappa shape index (κ2) is 4.86. The third-order valence-corrected chi connectivity index (χ3v) is 4.04. The second-order valence-corrected chi connectivity index (χ2v) is 5.74. The van der Waals surface area contributed by atoms with Crippen molar-refractivity contribution in [2.24, 2.45) is 5.41 Å². The molecule has 3 rings (SSSR count). The van der Waals surface area contributed by atoms with Crippen molar-refractivity contribution in [2.75, 3.05) is 13.1 Å². The number of carboxylic acids is 1. The van der Waals surface area contributed by atoms with E-state index >= 15 is 0 Å². The number of fused-ring (bicyclic) bond motifs is 1. The van der Waals surface area contributed by atoms with E-state index in [4.69, 9.17) is 0 Å². The average molecular weight is 274 g/mol. The van der Waals surface area contributed by atoms with Crippen LogP contribution in [0.2, 0.25) is 0 Å². The number of aliphatic carboxylic acids is 1. The molecule has 0 amide bonds. The summed E-state index contributed by atoms with van der Waals surface area (Å²) in [5, 5.41) is 13.6. The minimum absolute atomic E-state index is 0.576. The van der Waals surface area contributed by atoms with Crippen LogP contribution in [0.15, 0.2) is 24.7 Å². The highest BCUT2D eigenvalue weighted by Gasteiger charge is 2.37. The summed E-state index contributed by atoms with van der Waals surface area (Å²) in [6.07, 6.45) is 7.08. The molecule has 0 aliphatic carbocycles. The number of nitrogens with zero attached hydrogens (tertiary/aromatic N) is 4. The van der Waals surface area contributed by atoms with Crippen LogP contribution in [0.25, 0.3) is 5.65 Å². The summed E-state index contributed by atoms with van der Waals surface area (Å²) in [5.74, 6) is -0.708. The van der Waals surface area contributed by atoms with E-state index in [2.05, 4.69) is 15.0 Å². The Kier molecular flexibility index (Phi) is 3.17. The monoisotopic (exact) mass is 274 g/mol. The van der Waals surface area contributed by atoms with E-state index in [0.29, 0.717) is 13.1 Å². The highest BCUT2D eigenvalue weighted by Crippen LogP contribution is 2.30. The van der Waals surface area contributed by atoms with Gasteiger partial charge in [-0.25, -0.2) is 9.50 Å². The molecule has 1 N–H and O–H groups in total. The topological polar surface area (TPSA) is 70.7 Å². The first-order chi connectivity index (χ1) is 9.58. The third kappa shape index (κ3) is 2.27. The number of carboxylic acid groups (broad SMARTS) is 1. The van der Waals surface area contributed by atoms with Crippen molar-refractivity contribution in [1.29, 1.82) is 0 Å². The van der Waals surface area contributed by atoms with Gasteiger partial charge in [-0.2, -0.15) is 5.10 Å². The van der Waals surface area contributed by atoms with Crippen molar-refractivity contribution in [1.82, 2.24) is 19.5 Å². The van der Waals surface area contributed by atoms with Crippen LogP contribution < -0.4 is 0 Å². The van der Waals surface area contributed by atoms with Gasteiger partial charge in [-0.05, 0) is 32.4 Å². The largest absolute Gasteiger partial charge is 0.481 e. The molecule has 3 heterocycles. The Morgan fingerprint density at radius 2 is 2.40 bits per heavy atom. The fraction of sp³-hybridized carbons (Fsp3) is 0.500. The molecule has 1 saturated heterocycles. The summed E-state index contributed by atoms with van der Waals surface area (Å²) in [5.41, 5.74) is 1.24. The van der Waals surface area contributed by atoms with Crippen molar-refractivity contribution in [3.05, 3.63) is 30.2 Å². The van der Waals surface area contributed by atoms with E-state index < -0.39 is 11.4 Å². The lowest BCUT2D eigenvalue weighted by atomic mass is 9.82. The van der Waals surface area contributed by atoms with Crippen LogP contribution in [-0.2, 0) is 11.3 Å². The number of rotatable bonds is 3. The van der Waals surface area contributed by atoms with Gasteiger partial charge in [0.25, 0.3) is 0 Å². The van der Waals surface area contributed by atoms with Crippen LogP contribution in [0.1, 0.15) is 25.3 Å². The number of piperidine rings is 1. The molecule has 0 radical (unpaired) electrons. The summed E-state index contributed by atoms with van der Waals surface area (Å²) >= 11 is 0. The zero-order valence-corrected chi connectivity index (χ0v) is 11.5. The summed E-state index contributed by atoms with van der Waals surface area (Å²) in [6.45, 7) is 4.03. The van der Waals surface area contributed by atoms with Gasteiger partial charge in [0.1, 0.15) is 0 Å². The van der Waals surface area contributed by atoms with Crippen molar-refractivity contribution < 1.29 is 9.90 Å². The lowest BCUT2D eigenvalue weighted by molar-refractivity contribution is -0.151. The lowest BCUT2D eigenvalue weighted by Gasteiger charge is -2.37. The molecular formula is C14H18N4O2. The molecule has 2 aromatic rings. The molecular weight excluding hydrogens is 256 g/mol. The third-order valence-electron chi connectivity index (χ3n) is 4.04. The van der Waals surface area contributed by atoms with E-state index in [9.17, 15) is 9.90 Å². The zero-order chi connectivity index (χ0) is 14.2. The van der Waals surface area contributed by atoms with Crippen molar-refractivity contribution in [2.45, 2.75) is 26.3 Å². The zero-order valence-electron chi connectivity index (χ0n) is 11.5. The smallest absolute Gasteiger partial charge is 0.310 e. The summed E-state index contributed by atoms with van der Waals surface area (Å²) < 4.78 is 1.75. The van der Waals surface area contributed by atoms with Gasteiger partial charge in [0, 0.05) is 31.0 Å². The Bertz CT molecular complexity index is 639. The summed E-state index contributed by atoms with van der Waals surface area (Å²) in [7, 11) is 0. The maximum Gasteiger partial charge on any atom is 0.310 e. The molecule has 0 aromatic carbocycles. The van der Waals surface area contributed by atoms with Gasteiger partial charge in [0.2, 0.25) is 0 Å². The molecule has 0 saturated carbocycles. The first kappa shape index (κ1) is 13.1. The quantitative estimate of drug-likeness (QED) is 0.916. The van der Waals surface area contributed by atoms with Crippen LogP contribution in [0.3, 0.4) is 0 Å². The molecule has 1 atom stereocenters. The molecule has 1 aliphatic rings. The number of hydrogen-bond acceptors (Lipinski definition) is 4. The highest BCUT2D eigenvalue weighted by molar-refractivity contribution is 5.74. The lowest BCUT2D eigenvalue weighted by Crippen LogP contribution is -2.45. The standard InChI is InChI=1S/C14H18N4O2/c1-14(13(19)20)4-2-6-17(10-14)9-11-8-16-18-7-3-5-15-12(11)18/h3,5,7-8H,2,4,6,9-10H2,1H3,(H,19,20). The number of carbonyl (C=O) groups is 1. The van der Waals surface area contributed by atoms with Gasteiger partial charge in [-0.15, -0.1) is 0 Å². The van der Waals surface area contributed by atoms with E-state index in [1.54, 1.807) is 10.7 Å². The normalized spacial score (nSPS) is 24.1. The molecule has 20 heavy (non-hydrogen) atoms. The van der Waals surface area contributed by atoms with Crippen molar-refractivity contribution in [3.63, 3.8) is 0 Å². The van der Waals surface area contributed by atoms with Crippen LogP contribution in [-0.4, -0.2) is 43.7 Å². The number of likely N-dealkylation sites (tertiary alicyclic amines) is 1. The molecule has 0 spiro atoms. The Labute approximate surface area is 117 Å². The van der Waals surface area contributed by atoms with Crippen molar-refractivity contribution in [3.8, 4) is 0 Å². The fourth-order valence-corrected chi connectivity index (χ4v) is 2.88. The van der Waals surface area contributed by atoms with Crippen LogP contribution in [0, 0.1) is 5.41 Å². The van der Waals surface area contributed by atoms with Crippen LogP contribution in [0.5, 0.6) is 0 Å². The molecule has 6 heteroatoms. The van der Waals surface area contributed by atoms with E-state index in [1.165, 1.54) is 0 Å². The summed E-state index contributed by atoms with van der Waals surface area (Å²) in [6, 6.07) is 1.84. The molecule has 0 bridgehead atoms. The fourth-order valence-electron chi connectivity index (χ4n) is 2.88. The summed E-state index contributed by atoms with van der Waals surface area (Å²) in [4.78, 5) is 17.9. The second-order valence-electron chi connectivity index (χ2n) is 5.74. The number of hydrogen-bond donors (Lipinski definition) is 1. The molecule has 2 aromatic heterocycles. The van der Waals surface area contributed by atoms with Crippen molar-refractivity contribution >= 4 is 11.6 Å². The van der Waals surface area contributed by atoms with Gasteiger partial charge >= 0.3 is 5.97 Å². The average Bonchev–Trinajstić information content (AvgIpc) is 2.82. The molecule has 1 fully saturated rings. The van der Waals surface area contributed by atoms with Gasteiger partial charge in [0.05, 0.1) is 11.6 Å². The predicted molar refractivity (Wildman–Crippen MR) is 73.2 cm³/mol. The first-order valence-electron chi connectivity index (χ1n) is 6.81.